The number of benzene rings is 2. The Morgan fingerprint density at radius 1 is 1.27 bits per heavy atom. The van der Waals surface area contributed by atoms with Gasteiger partial charge in [-0.15, -0.1) is 0 Å². The van der Waals surface area contributed by atoms with Gasteiger partial charge in [0.25, 0.3) is 0 Å². The highest BCUT2D eigenvalue weighted by atomic mass is 35.5. The summed E-state index contributed by atoms with van der Waals surface area (Å²) >= 11 is 5.40. The molecule has 30 heavy (non-hydrogen) atoms. The number of hydrogen-bond acceptors (Lipinski definition) is 4. The molecule has 3 rings (SSSR count). The number of nitrogens with zero attached hydrogens (tertiary/aromatic N) is 2. The second-order valence-corrected chi connectivity index (χ2v) is 9.47. The van der Waals surface area contributed by atoms with Gasteiger partial charge in [-0.05, 0) is 60.7 Å². The summed E-state index contributed by atoms with van der Waals surface area (Å²) in [5.41, 5.74) is 2.87. The van der Waals surface area contributed by atoms with Crippen LogP contribution in [0.3, 0.4) is 0 Å². The maximum Gasteiger partial charge on any atom is 0.242 e. The summed E-state index contributed by atoms with van der Waals surface area (Å²) in [5, 5.41) is 10.7. The number of halogens is 2. The summed E-state index contributed by atoms with van der Waals surface area (Å²) in [5.74, 6) is -0.299. The van der Waals surface area contributed by atoms with Crippen LogP contribution in [0, 0.1) is 6.92 Å². The first kappa shape index (κ1) is 22.3. The second kappa shape index (κ2) is 8.77. The number of allylic oxidation sites excluding steroid dienone is 1. The highest BCUT2D eigenvalue weighted by Gasteiger charge is 2.21. The van der Waals surface area contributed by atoms with E-state index < -0.39 is 10.0 Å². The van der Waals surface area contributed by atoms with Crippen LogP contribution in [0.4, 0.5) is 4.39 Å². The van der Waals surface area contributed by atoms with E-state index in [0.717, 1.165) is 21.1 Å². The van der Waals surface area contributed by atoms with E-state index in [2.05, 4.69) is 4.84 Å². The average Bonchev–Trinajstić information content (AvgIpc) is 2.97. The maximum absolute atomic E-state index is 14.4. The SMILES string of the molecule is Cc1c(-c2cccc(S(=O)(=O)N(C)C)c2)c2cc(O)ccc2n1C/C(F)=C/CNCl. The van der Waals surface area contributed by atoms with Gasteiger partial charge >= 0.3 is 0 Å². The molecule has 0 amide bonds. The van der Waals surface area contributed by atoms with Crippen LogP contribution in [0.2, 0.25) is 0 Å². The van der Waals surface area contributed by atoms with Gasteiger partial charge in [0, 0.05) is 42.8 Å². The third-order valence-corrected chi connectivity index (χ3v) is 6.88. The fraction of sp³-hybridized carbons (Fsp3) is 0.238. The monoisotopic (exact) mass is 451 g/mol. The quantitative estimate of drug-likeness (QED) is 0.529. The number of aromatic nitrogens is 1. The molecule has 2 aromatic carbocycles. The van der Waals surface area contributed by atoms with Crippen molar-refractivity contribution < 1.29 is 17.9 Å². The molecule has 0 bridgehead atoms. The fourth-order valence-corrected chi connectivity index (χ4v) is 4.45. The summed E-state index contributed by atoms with van der Waals surface area (Å²) in [7, 11) is -0.667. The molecule has 0 aliphatic rings. The topological polar surface area (TPSA) is 74.6 Å². The van der Waals surface area contributed by atoms with Crippen molar-refractivity contribution >= 4 is 32.7 Å². The van der Waals surface area contributed by atoms with Gasteiger partial charge in [-0.2, -0.15) is 0 Å². The number of rotatable bonds is 7. The summed E-state index contributed by atoms with van der Waals surface area (Å²) < 4.78 is 42.5. The van der Waals surface area contributed by atoms with E-state index in [1.54, 1.807) is 34.9 Å². The zero-order valence-electron chi connectivity index (χ0n) is 16.9. The molecule has 0 aliphatic carbocycles. The largest absolute Gasteiger partial charge is 0.508 e. The first-order valence-corrected chi connectivity index (χ1v) is 11.0. The molecule has 0 spiro atoms. The van der Waals surface area contributed by atoms with Gasteiger partial charge in [0.2, 0.25) is 10.0 Å². The number of aromatic hydroxyl groups is 1. The number of fused-ring (bicyclic) bond motifs is 1. The van der Waals surface area contributed by atoms with E-state index in [0.29, 0.717) is 10.9 Å². The highest BCUT2D eigenvalue weighted by molar-refractivity contribution is 7.89. The molecule has 0 saturated carbocycles. The first-order valence-electron chi connectivity index (χ1n) is 9.19. The van der Waals surface area contributed by atoms with Crippen molar-refractivity contribution in [2.45, 2.75) is 18.4 Å². The van der Waals surface area contributed by atoms with Crippen molar-refractivity contribution in [3.63, 3.8) is 0 Å². The van der Waals surface area contributed by atoms with Crippen LogP contribution in [0.15, 0.2) is 59.3 Å². The fourth-order valence-electron chi connectivity index (χ4n) is 3.43. The second-order valence-electron chi connectivity index (χ2n) is 7.05. The molecule has 3 aromatic rings. The van der Waals surface area contributed by atoms with Gasteiger partial charge in [-0.1, -0.05) is 12.1 Å². The van der Waals surface area contributed by atoms with Crippen LogP contribution in [-0.4, -0.2) is 43.0 Å². The minimum absolute atomic E-state index is 0.0125. The zero-order valence-corrected chi connectivity index (χ0v) is 18.4. The molecule has 0 saturated heterocycles. The summed E-state index contributed by atoms with van der Waals surface area (Å²) in [4.78, 5) is 2.51. The van der Waals surface area contributed by atoms with Crippen LogP contribution < -0.4 is 4.84 Å². The van der Waals surface area contributed by atoms with Gasteiger partial charge in [0.15, 0.2) is 0 Å². The molecule has 0 unspecified atom stereocenters. The third kappa shape index (κ3) is 4.22. The zero-order chi connectivity index (χ0) is 22.1. The van der Waals surface area contributed by atoms with Crippen molar-refractivity contribution in [1.29, 1.82) is 0 Å². The van der Waals surface area contributed by atoms with Gasteiger partial charge in [0.1, 0.15) is 11.6 Å². The van der Waals surface area contributed by atoms with Crippen molar-refractivity contribution in [3.05, 3.63) is 60.1 Å². The minimum atomic E-state index is -3.62. The molecule has 1 heterocycles. The van der Waals surface area contributed by atoms with Gasteiger partial charge in [0.05, 0.1) is 11.4 Å². The van der Waals surface area contributed by atoms with Crippen molar-refractivity contribution in [3.8, 4) is 16.9 Å². The molecule has 0 radical (unpaired) electrons. The Morgan fingerprint density at radius 2 is 2.00 bits per heavy atom. The first-order chi connectivity index (χ1) is 14.2. The van der Waals surface area contributed by atoms with E-state index in [1.807, 2.05) is 6.92 Å². The predicted octanol–water partition coefficient (Wildman–Crippen LogP) is 4.17. The molecular weight excluding hydrogens is 429 g/mol. The maximum atomic E-state index is 14.4. The smallest absolute Gasteiger partial charge is 0.242 e. The third-order valence-electron chi connectivity index (χ3n) is 4.92. The van der Waals surface area contributed by atoms with E-state index in [-0.39, 0.29) is 29.6 Å². The number of sulfonamides is 1. The number of phenolic OH excluding ortho intramolecular Hbond substituents is 1. The predicted molar refractivity (Wildman–Crippen MR) is 118 cm³/mol. The van der Waals surface area contributed by atoms with E-state index in [1.165, 1.54) is 32.3 Å². The van der Waals surface area contributed by atoms with Crippen LogP contribution in [0.1, 0.15) is 5.69 Å². The number of hydrogen-bond donors (Lipinski definition) is 2. The summed E-state index contributed by atoms with van der Waals surface area (Å²) in [6, 6.07) is 11.5. The molecule has 0 aliphatic heterocycles. The van der Waals surface area contributed by atoms with Crippen LogP contribution in [0.5, 0.6) is 5.75 Å². The van der Waals surface area contributed by atoms with E-state index in [4.69, 9.17) is 11.8 Å². The highest BCUT2D eigenvalue weighted by Crippen LogP contribution is 2.37. The normalized spacial score (nSPS) is 12.8. The van der Waals surface area contributed by atoms with Gasteiger partial charge in [-0.3, -0.25) is 0 Å². The molecule has 9 heteroatoms. The molecule has 0 fully saturated rings. The Kier molecular flexibility index (Phi) is 6.52. The lowest BCUT2D eigenvalue weighted by atomic mass is 10.0. The summed E-state index contributed by atoms with van der Waals surface area (Å²) in [6.45, 7) is 2.01. The lowest BCUT2D eigenvalue weighted by molar-refractivity contribution is 0.476. The van der Waals surface area contributed by atoms with Crippen LogP contribution in [0.25, 0.3) is 22.0 Å². The Hall–Kier alpha value is -2.39. The van der Waals surface area contributed by atoms with Crippen molar-refractivity contribution in [2.24, 2.45) is 0 Å². The lowest BCUT2D eigenvalue weighted by Crippen LogP contribution is -2.22. The number of nitrogens with one attached hydrogen (secondary N) is 1. The van der Waals surface area contributed by atoms with Gasteiger partial charge < -0.3 is 9.67 Å². The Labute approximate surface area is 180 Å². The Balaban J connectivity index is 2.22. The van der Waals surface area contributed by atoms with E-state index >= 15 is 0 Å². The molecule has 160 valence electrons. The lowest BCUT2D eigenvalue weighted by Gasteiger charge is -2.13. The van der Waals surface area contributed by atoms with Gasteiger partial charge in [-0.25, -0.2) is 21.9 Å². The van der Waals surface area contributed by atoms with Crippen LogP contribution in [-0.2, 0) is 16.6 Å². The molecule has 2 N–H and O–H groups in total. The van der Waals surface area contributed by atoms with E-state index in [9.17, 15) is 17.9 Å². The molecular formula is C21H23ClFN3O3S. The Morgan fingerprint density at radius 3 is 2.67 bits per heavy atom. The summed E-state index contributed by atoms with van der Waals surface area (Å²) in [6.07, 6.45) is 1.35. The van der Waals surface area contributed by atoms with Crippen molar-refractivity contribution in [2.75, 3.05) is 20.6 Å². The minimum Gasteiger partial charge on any atom is -0.508 e. The standard InChI is InChI=1S/C21H23ClFN3O3S/c1-14-21(15-5-4-6-18(11-15)30(28,29)25(2)3)19-12-17(27)7-8-20(19)26(14)13-16(23)9-10-24-22/h4-9,11-12,24,27H,10,13H2,1-3H3/b16-9-. The number of phenols is 1. The molecule has 0 atom stereocenters. The van der Waals surface area contributed by atoms with Crippen molar-refractivity contribution in [1.82, 2.24) is 13.7 Å². The van der Waals surface area contributed by atoms with Crippen LogP contribution >= 0.6 is 11.8 Å². The molecule has 6 nitrogen and oxygen atoms in total. The molecule has 1 aromatic heterocycles. The Bertz CT molecular complexity index is 1220. The average molecular weight is 452 g/mol.